The Hall–Kier alpha value is -0.990. The number of ether oxygens (including phenoxy) is 2. The largest absolute Gasteiger partial charge is 0.472 e. The number of unbranched alkanes of at least 4 members (excludes halogenated alkanes) is 34. The molecule has 0 heterocycles. The first-order chi connectivity index (χ1) is 29.0. The fourth-order valence-electron chi connectivity index (χ4n) is 7.61. The lowest BCUT2D eigenvalue weighted by molar-refractivity contribution is -0.870. The van der Waals surface area contributed by atoms with Gasteiger partial charge >= 0.3 is 19.8 Å². The van der Waals surface area contributed by atoms with Crippen LogP contribution in [0.1, 0.15) is 258 Å². The van der Waals surface area contributed by atoms with Crippen LogP contribution in [-0.2, 0) is 32.7 Å². The zero-order chi connectivity index (χ0) is 44.3. The molecule has 0 saturated heterocycles. The molecule has 358 valence electrons. The van der Waals surface area contributed by atoms with E-state index >= 15 is 0 Å². The van der Waals surface area contributed by atoms with Crippen molar-refractivity contribution in [3.63, 3.8) is 0 Å². The molecule has 0 radical (unpaired) electrons. The van der Waals surface area contributed by atoms with E-state index in [0.29, 0.717) is 17.4 Å². The van der Waals surface area contributed by atoms with Crippen molar-refractivity contribution in [3.8, 4) is 0 Å². The zero-order valence-corrected chi connectivity index (χ0v) is 41.4. The van der Waals surface area contributed by atoms with Gasteiger partial charge < -0.3 is 18.9 Å². The van der Waals surface area contributed by atoms with Crippen LogP contribution in [-0.4, -0.2) is 74.9 Å². The van der Waals surface area contributed by atoms with E-state index in [1.165, 1.54) is 193 Å². The first-order valence-corrected chi connectivity index (χ1v) is 27.3. The fourth-order valence-corrected chi connectivity index (χ4v) is 8.35. The molecule has 2 atom stereocenters. The predicted molar refractivity (Wildman–Crippen MR) is 252 cm³/mol. The molecular formula is C50H101NO8P+. The van der Waals surface area contributed by atoms with Gasteiger partial charge in [-0.05, 0) is 12.8 Å². The molecule has 0 rings (SSSR count). The molecule has 0 aromatic carbocycles. The van der Waals surface area contributed by atoms with Crippen molar-refractivity contribution in [2.75, 3.05) is 47.5 Å². The Balaban J connectivity index is 4.18. The van der Waals surface area contributed by atoms with Crippen molar-refractivity contribution in [2.24, 2.45) is 0 Å². The monoisotopic (exact) mass is 875 g/mol. The predicted octanol–water partition coefficient (Wildman–Crippen LogP) is 15.1. The van der Waals surface area contributed by atoms with Gasteiger partial charge in [-0.3, -0.25) is 18.6 Å². The minimum Gasteiger partial charge on any atom is -0.462 e. The number of rotatable bonds is 48. The molecule has 0 aromatic rings. The summed E-state index contributed by atoms with van der Waals surface area (Å²) in [5.41, 5.74) is 0. The number of hydrogen-bond acceptors (Lipinski definition) is 7. The van der Waals surface area contributed by atoms with Crippen LogP contribution in [0.5, 0.6) is 0 Å². The summed E-state index contributed by atoms with van der Waals surface area (Å²) < 4.78 is 34.5. The highest BCUT2D eigenvalue weighted by Gasteiger charge is 2.27. The van der Waals surface area contributed by atoms with Gasteiger partial charge in [-0.2, -0.15) is 0 Å². The van der Waals surface area contributed by atoms with Crippen LogP contribution in [0.2, 0.25) is 0 Å². The van der Waals surface area contributed by atoms with Gasteiger partial charge in [0.25, 0.3) is 0 Å². The molecule has 60 heavy (non-hydrogen) atoms. The van der Waals surface area contributed by atoms with E-state index in [0.717, 1.165) is 38.5 Å². The fraction of sp³-hybridized carbons (Fsp3) is 0.960. The van der Waals surface area contributed by atoms with Crippen LogP contribution < -0.4 is 0 Å². The number of likely N-dealkylation sites (N-methyl/N-ethyl adjacent to an activating group) is 1. The summed E-state index contributed by atoms with van der Waals surface area (Å²) in [4.78, 5) is 35.5. The quantitative estimate of drug-likeness (QED) is 0.0279. The number of carbonyl (C=O) groups excluding carboxylic acids is 2. The average Bonchev–Trinajstić information content (AvgIpc) is 3.20. The lowest BCUT2D eigenvalue weighted by atomic mass is 10.0. The summed E-state index contributed by atoms with van der Waals surface area (Å²) in [5, 5.41) is 0. The van der Waals surface area contributed by atoms with E-state index in [4.69, 9.17) is 18.5 Å². The van der Waals surface area contributed by atoms with Crippen LogP contribution >= 0.6 is 7.82 Å². The molecule has 9 nitrogen and oxygen atoms in total. The Morgan fingerprint density at radius 1 is 0.450 bits per heavy atom. The second-order valence-electron chi connectivity index (χ2n) is 18.9. The Bertz CT molecular complexity index is 990. The highest BCUT2D eigenvalue weighted by Crippen LogP contribution is 2.43. The van der Waals surface area contributed by atoms with E-state index in [1.807, 2.05) is 21.1 Å². The zero-order valence-electron chi connectivity index (χ0n) is 40.5. The smallest absolute Gasteiger partial charge is 0.462 e. The van der Waals surface area contributed by atoms with Crippen LogP contribution in [0.3, 0.4) is 0 Å². The molecule has 0 spiro atoms. The highest BCUT2D eigenvalue weighted by atomic mass is 31.2. The third-order valence-electron chi connectivity index (χ3n) is 11.6. The van der Waals surface area contributed by atoms with Crippen LogP contribution in [0.15, 0.2) is 0 Å². The number of phosphoric ester groups is 1. The van der Waals surface area contributed by atoms with Gasteiger partial charge in [-0.25, -0.2) is 4.57 Å². The molecule has 0 aliphatic rings. The van der Waals surface area contributed by atoms with Gasteiger partial charge in [0.05, 0.1) is 27.7 Å². The maximum atomic E-state index is 12.7. The van der Waals surface area contributed by atoms with Crippen LogP contribution in [0, 0.1) is 0 Å². The van der Waals surface area contributed by atoms with E-state index in [1.54, 1.807) is 0 Å². The van der Waals surface area contributed by atoms with Gasteiger partial charge in [0.15, 0.2) is 6.10 Å². The standard InChI is InChI=1S/C50H100NO8P/c1-6-8-10-12-14-16-18-20-22-24-25-26-27-29-30-32-34-36-38-40-42-49(52)56-46-48(47-58-60(54,55)57-45-44-51(3,4)5)59-50(53)43-41-39-37-35-33-31-28-23-21-19-17-15-13-11-9-7-2/h48H,6-47H2,1-5H3/p+1/t48-/m1/s1. The number of esters is 2. The molecule has 0 aromatic heterocycles. The molecule has 0 amide bonds. The first-order valence-electron chi connectivity index (χ1n) is 25.8. The van der Waals surface area contributed by atoms with Crippen LogP contribution in [0.4, 0.5) is 0 Å². The van der Waals surface area contributed by atoms with E-state index in [2.05, 4.69) is 13.8 Å². The molecule has 0 aliphatic heterocycles. The second-order valence-corrected chi connectivity index (χ2v) is 20.4. The minimum absolute atomic E-state index is 0.0372. The van der Waals surface area contributed by atoms with Crippen molar-refractivity contribution in [1.29, 1.82) is 0 Å². The lowest BCUT2D eigenvalue weighted by Gasteiger charge is -2.24. The number of nitrogens with zero attached hydrogens (tertiary/aromatic N) is 1. The average molecular weight is 875 g/mol. The molecule has 0 saturated carbocycles. The summed E-state index contributed by atoms with van der Waals surface area (Å²) in [6, 6.07) is 0. The minimum atomic E-state index is -4.37. The third kappa shape index (κ3) is 46.5. The summed E-state index contributed by atoms with van der Waals surface area (Å²) in [7, 11) is 1.50. The van der Waals surface area contributed by atoms with Crippen molar-refractivity contribution < 1.29 is 42.1 Å². The van der Waals surface area contributed by atoms with Crippen molar-refractivity contribution in [3.05, 3.63) is 0 Å². The molecule has 0 aliphatic carbocycles. The van der Waals surface area contributed by atoms with Gasteiger partial charge in [0, 0.05) is 12.8 Å². The maximum absolute atomic E-state index is 12.7. The molecule has 1 N–H and O–H groups in total. The number of quaternary nitrogens is 1. The molecule has 0 fully saturated rings. The molecule has 10 heteroatoms. The Kier molecular flexibility index (Phi) is 42.6. The van der Waals surface area contributed by atoms with Crippen molar-refractivity contribution in [1.82, 2.24) is 0 Å². The number of carbonyl (C=O) groups is 2. The third-order valence-corrected chi connectivity index (χ3v) is 12.6. The topological polar surface area (TPSA) is 108 Å². The Morgan fingerprint density at radius 3 is 1.07 bits per heavy atom. The van der Waals surface area contributed by atoms with Crippen molar-refractivity contribution >= 4 is 19.8 Å². The molecule has 1 unspecified atom stereocenters. The normalized spacial score (nSPS) is 13.4. The second kappa shape index (κ2) is 43.3. The highest BCUT2D eigenvalue weighted by molar-refractivity contribution is 7.47. The lowest BCUT2D eigenvalue weighted by Crippen LogP contribution is -2.37. The number of phosphoric acid groups is 1. The van der Waals surface area contributed by atoms with Gasteiger partial charge in [-0.1, -0.05) is 232 Å². The summed E-state index contributed by atoms with van der Waals surface area (Å²) in [6.07, 6.45) is 45.8. The Morgan fingerprint density at radius 2 is 0.750 bits per heavy atom. The van der Waals surface area contributed by atoms with E-state index in [9.17, 15) is 19.0 Å². The van der Waals surface area contributed by atoms with Crippen molar-refractivity contribution in [2.45, 2.75) is 264 Å². The molecular weight excluding hydrogens is 774 g/mol. The summed E-state index contributed by atoms with van der Waals surface area (Å²) >= 11 is 0. The Labute approximate surface area is 372 Å². The first kappa shape index (κ1) is 59.0. The summed E-state index contributed by atoms with van der Waals surface area (Å²) in [6.45, 7) is 4.49. The van der Waals surface area contributed by atoms with Gasteiger partial charge in [0.2, 0.25) is 0 Å². The van der Waals surface area contributed by atoms with Gasteiger partial charge in [0.1, 0.15) is 19.8 Å². The number of hydrogen-bond donors (Lipinski definition) is 1. The van der Waals surface area contributed by atoms with E-state index < -0.39 is 26.5 Å². The molecule has 0 bridgehead atoms. The van der Waals surface area contributed by atoms with Crippen LogP contribution in [0.25, 0.3) is 0 Å². The summed E-state index contributed by atoms with van der Waals surface area (Å²) in [5.74, 6) is -0.777. The SMILES string of the molecule is CCCCCCCCCCCCCCCCCCCCCCC(=O)OC[C@H](COP(=O)(O)OCC[N+](C)(C)C)OC(=O)CCCCCCCCCCCCCCCCCC. The maximum Gasteiger partial charge on any atom is 0.472 e. The van der Waals surface area contributed by atoms with Gasteiger partial charge in [-0.15, -0.1) is 0 Å². The van der Waals surface area contributed by atoms with E-state index in [-0.39, 0.29) is 25.6 Å².